The third kappa shape index (κ3) is 4.20. The number of carbonyl (C=O) groups is 1. The number of anilines is 1. The molecule has 0 radical (unpaired) electrons. The first-order valence-electron chi connectivity index (χ1n) is 5.85. The fourth-order valence-corrected chi connectivity index (χ4v) is 2.44. The largest absolute Gasteiger partial charge is 0.481 e. The molecule has 1 heterocycles. The summed E-state index contributed by atoms with van der Waals surface area (Å²) in [5.41, 5.74) is 0. The summed E-state index contributed by atoms with van der Waals surface area (Å²) < 4.78 is 23.1. The average molecular weight is 286 g/mol. The summed E-state index contributed by atoms with van der Waals surface area (Å²) in [6, 6.07) is 2.97. The monoisotopic (exact) mass is 286 g/mol. The molecular formula is C12H18N2O4S. The number of sulfone groups is 1. The smallest absolute Gasteiger partial charge is 0.308 e. The van der Waals surface area contributed by atoms with E-state index in [1.54, 1.807) is 13.8 Å². The lowest BCUT2D eigenvalue weighted by Gasteiger charge is -2.18. The Hall–Kier alpha value is -1.63. The Balaban J connectivity index is 2.92. The van der Waals surface area contributed by atoms with E-state index in [-0.39, 0.29) is 23.2 Å². The Kier molecular flexibility index (Phi) is 4.88. The summed E-state index contributed by atoms with van der Waals surface area (Å²) in [5, 5.41) is 11.9. The third-order valence-corrected chi connectivity index (χ3v) is 3.91. The minimum atomic E-state index is -3.39. The fourth-order valence-electron chi connectivity index (χ4n) is 1.64. The van der Waals surface area contributed by atoms with E-state index in [9.17, 15) is 13.2 Å². The van der Waals surface area contributed by atoms with Crippen molar-refractivity contribution >= 4 is 21.6 Å². The van der Waals surface area contributed by atoms with Gasteiger partial charge in [0.2, 0.25) is 0 Å². The zero-order valence-electron chi connectivity index (χ0n) is 11.1. The van der Waals surface area contributed by atoms with Gasteiger partial charge in [0, 0.05) is 19.0 Å². The molecule has 1 rings (SSSR count). The quantitative estimate of drug-likeness (QED) is 0.817. The van der Waals surface area contributed by atoms with Crippen LogP contribution in [-0.2, 0) is 14.6 Å². The first-order valence-corrected chi connectivity index (χ1v) is 7.74. The van der Waals surface area contributed by atoms with E-state index in [2.05, 4.69) is 10.3 Å². The number of pyridine rings is 1. The zero-order chi connectivity index (χ0) is 14.6. The molecule has 0 bridgehead atoms. The molecule has 1 aromatic heterocycles. The van der Waals surface area contributed by atoms with Crippen LogP contribution >= 0.6 is 0 Å². The van der Waals surface area contributed by atoms with Crippen LogP contribution in [0.4, 0.5) is 5.82 Å². The number of hydrogen-bond acceptors (Lipinski definition) is 5. The molecule has 0 aliphatic heterocycles. The van der Waals surface area contributed by atoms with Crippen molar-refractivity contribution in [3.63, 3.8) is 0 Å². The second kappa shape index (κ2) is 6.01. The van der Waals surface area contributed by atoms with Crippen LogP contribution in [0.5, 0.6) is 0 Å². The predicted octanol–water partition coefficient (Wildman–Crippen LogP) is 1.25. The Labute approximate surface area is 112 Å². The zero-order valence-corrected chi connectivity index (χ0v) is 11.9. The highest BCUT2D eigenvalue weighted by atomic mass is 32.2. The molecule has 0 aliphatic carbocycles. The standard InChI is InChI=1S/C12H18N2O4S/c1-8(2)9(12(15)16)7-14-11-10(19(3,17)18)5-4-6-13-11/h4-6,8-9H,7H2,1-3H3,(H,13,14)(H,15,16). The van der Waals surface area contributed by atoms with Crippen molar-refractivity contribution in [3.8, 4) is 0 Å². The van der Waals surface area contributed by atoms with Crippen LogP contribution in [0.15, 0.2) is 23.2 Å². The third-order valence-electron chi connectivity index (χ3n) is 2.78. The van der Waals surface area contributed by atoms with Crippen LogP contribution in [-0.4, -0.2) is 37.3 Å². The minimum absolute atomic E-state index is 0.0598. The fraction of sp³-hybridized carbons (Fsp3) is 0.500. The topological polar surface area (TPSA) is 96.4 Å². The van der Waals surface area contributed by atoms with Crippen LogP contribution < -0.4 is 5.32 Å². The molecule has 19 heavy (non-hydrogen) atoms. The maximum Gasteiger partial charge on any atom is 0.308 e. The van der Waals surface area contributed by atoms with E-state index >= 15 is 0 Å². The molecule has 1 aromatic rings. The number of nitrogens with zero attached hydrogens (tertiary/aromatic N) is 1. The molecule has 0 spiro atoms. The highest BCUT2D eigenvalue weighted by Crippen LogP contribution is 2.19. The van der Waals surface area contributed by atoms with Crippen molar-refractivity contribution in [2.75, 3.05) is 18.1 Å². The molecule has 0 aromatic carbocycles. The number of nitrogens with one attached hydrogen (secondary N) is 1. The molecule has 2 N–H and O–H groups in total. The van der Waals surface area contributed by atoms with Crippen LogP contribution in [0.25, 0.3) is 0 Å². The molecule has 7 heteroatoms. The van der Waals surface area contributed by atoms with E-state index in [1.807, 2.05) is 0 Å². The molecule has 0 aliphatic rings. The highest BCUT2D eigenvalue weighted by molar-refractivity contribution is 7.90. The second-order valence-corrected chi connectivity index (χ2v) is 6.68. The van der Waals surface area contributed by atoms with Gasteiger partial charge in [0.25, 0.3) is 0 Å². The van der Waals surface area contributed by atoms with Crippen LogP contribution in [0.3, 0.4) is 0 Å². The molecule has 1 unspecified atom stereocenters. The van der Waals surface area contributed by atoms with Gasteiger partial charge in [0.15, 0.2) is 9.84 Å². The van der Waals surface area contributed by atoms with E-state index in [0.717, 1.165) is 6.26 Å². The Morgan fingerprint density at radius 3 is 2.58 bits per heavy atom. The van der Waals surface area contributed by atoms with Gasteiger partial charge in [0.05, 0.1) is 5.92 Å². The molecule has 6 nitrogen and oxygen atoms in total. The number of hydrogen-bond donors (Lipinski definition) is 2. The van der Waals surface area contributed by atoms with Crippen molar-refractivity contribution in [2.45, 2.75) is 18.7 Å². The lowest BCUT2D eigenvalue weighted by Crippen LogP contribution is -2.28. The van der Waals surface area contributed by atoms with Gasteiger partial charge in [0.1, 0.15) is 10.7 Å². The van der Waals surface area contributed by atoms with Crippen LogP contribution in [0.1, 0.15) is 13.8 Å². The number of aliphatic carboxylic acids is 1. The molecule has 0 fully saturated rings. The van der Waals surface area contributed by atoms with Crippen LogP contribution in [0, 0.1) is 11.8 Å². The summed E-state index contributed by atoms with van der Waals surface area (Å²) in [6.45, 7) is 3.74. The van der Waals surface area contributed by atoms with Crippen molar-refractivity contribution < 1.29 is 18.3 Å². The summed E-state index contributed by atoms with van der Waals surface area (Å²) >= 11 is 0. The molecule has 0 amide bonds. The van der Waals surface area contributed by atoms with E-state index in [1.165, 1.54) is 18.3 Å². The van der Waals surface area contributed by atoms with E-state index in [0.29, 0.717) is 0 Å². The van der Waals surface area contributed by atoms with Gasteiger partial charge in [-0.05, 0) is 18.1 Å². The van der Waals surface area contributed by atoms with Crippen molar-refractivity contribution in [3.05, 3.63) is 18.3 Å². The molecular weight excluding hydrogens is 268 g/mol. The molecule has 1 atom stereocenters. The Morgan fingerprint density at radius 1 is 1.47 bits per heavy atom. The van der Waals surface area contributed by atoms with Gasteiger partial charge < -0.3 is 10.4 Å². The van der Waals surface area contributed by atoms with Crippen molar-refractivity contribution in [2.24, 2.45) is 11.8 Å². The summed E-state index contributed by atoms with van der Waals surface area (Å²) in [4.78, 5) is 15.1. The number of carboxylic acids is 1. The van der Waals surface area contributed by atoms with E-state index in [4.69, 9.17) is 5.11 Å². The predicted molar refractivity (Wildman–Crippen MR) is 71.8 cm³/mol. The summed E-state index contributed by atoms with van der Waals surface area (Å²) in [7, 11) is -3.39. The van der Waals surface area contributed by atoms with Crippen LogP contribution in [0.2, 0.25) is 0 Å². The molecule has 106 valence electrons. The van der Waals surface area contributed by atoms with Gasteiger partial charge >= 0.3 is 5.97 Å². The maximum absolute atomic E-state index is 11.6. The van der Waals surface area contributed by atoms with Gasteiger partial charge in [-0.25, -0.2) is 13.4 Å². The molecule has 0 saturated carbocycles. The first-order chi connectivity index (χ1) is 8.73. The normalized spacial score (nSPS) is 13.3. The number of carboxylic acid groups (broad SMARTS) is 1. The first kappa shape index (κ1) is 15.4. The SMILES string of the molecule is CC(C)C(CNc1ncccc1S(C)(=O)=O)C(=O)O. The Morgan fingerprint density at radius 2 is 2.11 bits per heavy atom. The van der Waals surface area contributed by atoms with E-state index < -0.39 is 21.7 Å². The highest BCUT2D eigenvalue weighted by Gasteiger charge is 2.22. The van der Waals surface area contributed by atoms with Gasteiger partial charge in [-0.15, -0.1) is 0 Å². The van der Waals surface area contributed by atoms with Gasteiger partial charge in [-0.2, -0.15) is 0 Å². The Bertz CT molecular complexity index is 555. The lowest BCUT2D eigenvalue weighted by molar-refractivity contribution is -0.142. The molecule has 0 saturated heterocycles. The second-order valence-electron chi connectivity index (χ2n) is 4.69. The van der Waals surface area contributed by atoms with Crippen molar-refractivity contribution in [1.29, 1.82) is 0 Å². The summed E-state index contributed by atoms with van der Waals surface area (Å²) in [5.74, 6) is -1.39. The van der Waals surface area contributed by atoms with Gasteiger partial charge in [-0.1, -0.05) is 13.8 Å². The summed E-state index contributed by atoms with van der Waals surface area (Å²) in [6.07, 6.45) is 2.55. The van der Waals surface area contributed by atoms with Gasteiger partial charge in [-0.3, -0.25) is 4.79 Å². The number of rotatable bonds is 6. The van der Waals surface area contributed by atoms with Crippen molar-refractivity contribution in [1.82, 2.24) is 4.98 Å². The number of aromatic nitrogens is 1. The minimum Gasteiger partial charge on any atom is -0.481 e. The average Bonchev–Trinajstić information content (AvgIpc) is 2.27. The maximum atomic E-state index is 11.6. The lowest BCUT2D eigenvalue weighted by atomic mass is 9.96.